The normalized spacial score (nSPS) is 12.1. The van der Waals surface area contributed by atoms with Crippen LogP contribution in [0.3, 0.4) is 0 Å². The number of phenolic OH excluding ortho intramolecular Hbond substituents is 1. The third-order valence-corrected chi connectivity index (χ3v) is 4.97. The zero-order chi connectivity index (χ0) is 20.5. The lowest BCUT2D eigenvalue weighted by Crippen LogP contribution is -2.10. The number of hydrogen-bond acceptors (Lipinski definition) is 2. The van der Waals surface area contributed by atoms with Gasteiger partial charge in [-0.2, -0.15) is 0 Å². The summed E-state index contributed by atoms with van der Waals surface area (Å²) in [6, 6.07) is 22.1. The lowest BCUT2D eigenvalue weighted by atomic mass is 9.86. The van der Waals surface area contributed by atoms with Crippen molar-refractivity contribution in [2.45, 2.75) is 52.4 Å². The minimum atomic E-state index is 0.0397. The standard InChI is InChI=1S/C26H30O2/c1-25(2,3)20-13-10-18(11-14-20)19-12-15-23(27)24(16-19)28-22-9-7-8-21(17-22)26(4,5)6/h7-17,27H,1-6H3. The molecule has 0 aliphatic rings. The van der Waals surface area contributed by atoms with Gasteiger partial charge in [0.2, 0.25) is 0 Å². The molecule has 1 N–H and O–H groups in total. The van der Waals surface area contributed by atoms with Crippen molar-refractivity contribution in [1.82, 2.24) is 0 Å². The van der Waals surface area contributed by atoms with Gasteiger partial charge in [-0.25, -0.2) is 0 Å². The lowest BCUT2D eigenvalue weighted by Gasteiger charge is -2.20. The van der Waals surface area contributed by atoms with Gasteiger partial charge in [-0.3, -0.25) is 0 Å². The number of rotatable bonds is 3. The molecule has 0 aliphatic heterocycles. The van der Waals surface area contributed by atoms with Gasteiger partial charge in [-0.05, 0) is 57.3 Å². The SMILES string of the molecule is CC(C)(C)c1ccc(-c2ccc(O)c(Oc3cccc(C(C)(C)C)c3)c2)cc1. The average molecular weight is 375 g/mol. The van der Waals surface area contributed by atoms with Gasteiger partial charge in [0.05, 0.1) is 0 Å². The Bertz CT molecular complexity index is 955. The van der Waals surface area contributed by atoms with Crippen molar-refractivity contribution in [3.8, 4) is 28.4 Å². The average Bonchev–Trinajstić information content (AvgIpc) is 2.62. The van der Waals surface area contributed by atoms with E-state index < -0.39 is 0 Å². The largest absolute Gasteiger partial charge is 0.504 e. The molecule has 28 heavy (non-hydrogen) atoms. The van der Waals surface area contributed by atoms with Gasteiger partial charge in [0, 0.05) is 0 Å². The van der Waals surface area contributed by atoms with Gasteiger partial charge in [-0.1, -0.05) is 84.0 Å². The second-order valence-electron chi connectivity index (χ2n) is 9.39. The molecule has 0 heterocycles. The van der Waals surface area contributed by atoms with Gasteiger partial charge < -0.3 is 9.84 Å². The van der Waals surface area contributed by atoms with Gasteiger partial charge in [0.1, 0.15) is 5.75 Å². The Morgan fingerprint density at radius 2 is 1.25 bits per heavy atom. The quantitative estimate of drug-likeness (QED) is 0.516. The van der Waals surface area contributed by atoms with Crippen LogP contribution in [0.15, 0.2) is 66.7 Å². The number of hydrogen-bond donors (Lipinski definition) is 1. The van der Waals surface area contributed by atoms with Crippen molar-refractivity contribution < 1.29 is 9.84 Å². The number of aromatic hydroxyl groups is 1. The highest BCUT2D eigenvalue weighted by atomic mass is 16.5. The molecule has 0 fully saturated rings. The Balaban J connectivity index is 1.90. The molecule has 0 spiro atoms. The summed E-state index contributed by atoms with van der Waals surface area (Å²) in [5.41, 5.74) is 4.77. The zero-order valence-electron chi connectivity index (χ0n) is 17.7. The van der Waals surface area contributed by atoms with Crippen LogP contribution in [-0.2, 0) is 10.8 Å². The van der Waals surface area contributed by atoms with Crippen molar-refractivity contribution in [3.05, 3.63) is 77.9 Å². The van der Waals surface area contributed by atoms with Crippen LogP contribution in [-0.4, -0.2) is 5.11 Å². The Hall–Kier alpha value is -2.74. The summed E-state index contributed by atoms with van der Waals surface area (Å²) < 4.78 is 6.04. The molecule has 0 radical (unpaired) electrons. The minimum Gasteiger partial charge on any atom is -0.504 e. The summed E-state index contributed by atoms with van der Waals surface area (Å²) in [5, 5.41) is 10.3. The molecule has 0 saturated heterocycles. The Morgan fingerprint density at radius 3 is 1.86 bits per heavy atom. The van der Waals surface area contributed by atoms with Crippen molar-refractivity contribution in [2.24, 2.45) is 0 Å². The maximum absolute atomic E-state index is 10.3. The summed E-state index contributed by atoms with van der Waals surface area (Å²) in [5.74, 6) is 1.32. The minimum absolute atomic E-state index is 0.0397. The van der Waals surface area contributed by atoms with E-state index in [1.165, 1.54) is 11.1 Å². The van der Waals surface area contributed by atoms with Crippen LogP contribution in [0.2, 0.25) is 0 Å². The summed E-state index contributed by atoms with van der Waals surface area (Å²) in [7, 11) is 0. The van der Waals surface area contributed by atoms with Crippen molar-refractivity contribution in [1.29, 1.82) is 0 Å². The Morgan fingerprint density at radius 1 is 0.643 bits per heavy atom. The maximum atomic E-state index is 10.3. The van der Waals surface area contributed by atoms with E-state index in [1.807, 2.05) is 30.3 Å². The fourth-order valence-corrected chi connectivity index (χ4v) is 3.09. The molecule has 0 unspecified atom stereocenters. The van der Waals surface area contributed by atoms with Crippen LogP contribution < -0.4 is 4.74 Å². The fourth-order valence-electron chi connectivity index (χ4n) is 3.09. The molecule has 0 aliphatic carbocycles. The van der Waals surface area contributed by atoms with Crippen LogP contribution in [0.25, 0.3) is 11.1 Å². The first-order valence-corrected chi connectivity index (χ1v) is 9.76. The third-order valence-electron chi connectivity index (χ3n) is 4.97. The first-order valence-electron chi connectivity index (χ1n) is 9.76. The second-order valence-corrected chi connectivity index (χ2v) is 9.39. The predicted octanol–water partition coefficient (Wildman–Crippen LogP) is 7.45. The molecule has 3 aromatic carbocycles. The second kappa shape index (κ2) is 7.35. The van der Waals surface area contributed by atoms with E-state index in [2.05, 4.69) is 71.9 Å². The molecule has 0 saturated carbocycles. The third kappa shape index (κ3) is 4.56. The van der Waals surface area contributed by atoms with Crippen LogP contribution in [0, 0.1) is 0 Å². The first-order chi connectivity index (χ1) is 13.0. The monoisotopic (exact) mass is 374 g/mol. The van der Waals surface area contributed by atoms with Crippen LogP contribution in [0.4, 0.5) is 0 Å². The van der Waals surface area contributed by atoms with E-state index >= 15 is 0 Å². The highest BCUT2D eigenvalue weighted by Crippen LogP contribution is 2.36. The summed E-state index contributed by atoms with van der Waals surface area (Å²) in [6.45, 7) is 13.1. The van der Waals surface area contributed by atoms with E-state index in [9.17, 15) is 5.11 Å². The van der Waals surface area contributed by atoms with E-state index in [1.54, 1.807) is 6.07 Å². The molecule has 0 atom stereocenters. The molecule has 2 nitrogen and oxygen atoms in total. The van der Waals surface area contributed by atoms with E-state index in [0.717, 1.165) is 16.9 Å². The molecular weight excluding hydrogens is 344 g/mol. The highest BCUT2D eigenvalue weighted by molar-refractivity contribution is 5.67. The number of phenols is 1. The first kappa shape index (κ1) is 20.0. The van der Waals surface area contributed by atoms with Crippen molar-refractivity contribution in [3.63, 3.8) is 0 Å². The molecule has 0 aromatic heterocycles. The summed E-state index contributed by atoms with van der Waals surface area (Å²) in [6.07, 6.45) is 0. The topological polar surface area (TPSA) is 29.5 Å². The Kier molecular flexibility index (Phi) is 5.25. The van der Waals surface area contributed by atoms with Gasteiger partial charge >= 0.3 is 0 Å². The summed E-state index contributed by atoms with van der Waals surface area (Å²) in [4.78, 5) is 0. The number of ether oxygens (including phenoxy) is 1. The van der Waals surface area contributed by atoms with Gasteiger partial charge in [-0.15, -0.1) is 0 Å². The van der Waals surface area contributed by atoms with E-state index in [4.69, 9.17) is 4.74 Å². The maximum Gasteiger partial charge on any atom is 0.169 e. The van der Waals surface area contributed by atoms with Crippen LogP contribution >= 0.6 is 0 Å². The van der Waals surface area contributed by atoms with Crippen LogP contribution in [0.1, 0.15) is 52.7 Å². The molecule has 2 heteroatoms. The molecule has 0 amide bonds. The van der Waals surface area contributed by atoms with Crippen molar-refractivity contribution >= 4 is 0 Å². The van der Waals surface area contributed by atoms with E-state index in [0.29, 0.717) is 5.75 Å². The Labute approximate surface area is 168 Å². The zero-order valence-corrected chi connectivity index (χ0v) is 17.7. The number of benzene rings is 3. The van der Waals surface area contributed by atoms with Gasteiger partial charge in [0.15, 0.2) is 11.5 Å². The highest BCUT2D eigenvalue weighted by Gasteiger charge is 2.16. The van der Waals surface area contributed by atoms with E-state index in [-0.39, 0.29) is 16.6 Å². The molecular formula is C26H30O2. The fraction of sp³-hybridized carbons (Fsp3) is 0.308. The molecule has 0 bridgehead atoms. The predicted molar refractivity (Wildman–Crippen MR) is 117 cm³/mol. The smallest absolute Gasteiger partial charge is 0.169 e. The van der Waals surface area contributed by atoms with Gasteiger partial charge in [0.25, 0.3) is 0 Å². The molecule has 146 valence electrons. The van der Waals surface area contributed by atoms with Crippen molar-refractivity contribution in [2.75, 3.05) is 0 Å². The van der Waals surface area contributed by atoms with Crippen LogP contribution in [0.5, 0.6) is 17.2 Å². The molecule has 3 rings (SSSR count). The lowest BCUT2D eigenvalue weighted by molar-refractivity contribution is 0.410. The summed E-state index contributed by atoms with van der Waals surface area (Å²) >= 11 is 0. The molecule has 3 aromatic rings.